The predicted octanol–water partition coefficient (Wildman–Crippen LogP) is 2.99. The maximum Gasteiger partial charge on any atom is 0.326 e. The van der Waals surface area contributed by atoms with E-state index in [1.54, 1.807) is 17.8 Å². The average molecular weight is 336 g/mol. The van der Waals surface area contributed by atoms with E-state index in [-0.39, 0.29) is 12.5 Å². The highest BCUT2D eigenvalue weighted by Crippen LogP contribution is 2.34. The van der Waals surface area contributed by atoms with Crippen LogP contribution in [0.15, 0.2) is 47.3 Å². The van der Waals surface area contributed by atoms with E-state index < -0.39 is 0 Å². The number of nitrogens with zero attached hydrogens (tertiary/aromatic N) is 3. The van der Waals surface area contributed by atoms with Crippen LogP contribution in [0.25, 0.3) is 33.3 Å². The Labute approximate surface area is 143 Å². The van der Waals surface area contributed by atoms with E-state index in [1.165, 1.54) is 6.33 Å². The van der Waals surface area contributed by atoms with E-state index in [1.807, 2.05) is 30.3 Å². The first-order valence-corrected chi connectivity index (χ1v) is 7.91. The molecule has 126 valence electrons. The second-order valence-corrected chi connectivity index (χ2v) is 5.56. The van der Waals surface area contributed by atoms with Crippen LogP contribution in [-0.4, -0.2) is 27.1 Å². The number of ether oxygens (including phenoxy) is 1. The molecule has 7 heteroatoms. The summed E-state index contributed by atoms with van der Waals surface area (Å²) in [5.74, 6) is 0.798. The number of hydrogen-bond donors (Lipinski definition) is 1. The van der Waals surface area contributed by atoms with Crippen LogP contribution in [0.3, 0.4) is 0 Å². The number of furan rings is 1. The maximum absolute atomic E-state index is 12.0. The second-order valence-electron chi connectivity index (χ2n) is 5.56. The summed E-state index contributed by atoms with van der Waals surface area (Å²) in [5, 5.41) is 1.58. The Bertz CT molecular complexity index is 1070. The summed E-state index contributed by atoms with van der Waals surface area (Å²) in [5.41, 5.74) is 8.45. The van der Waals surface area contributed by atoms with Gasteiger partial charge in [-0.1, -0.05) is 0 Å². The molecule has 1 aromatic carbocycles. The van der Waals surface area contributed by atoms with Crippen molar-refractivity contribution in [2.75, 3.05) is 12.3 Å². The number of nitrogen functional groups attached to an aromatic ring is 1. The maximum atomic E-state index is 12.0. The summed E-state index contributed by atoms with van der Waals surface area (Å²) < 4.78 is 12.3. The SMILES string of the molecule is CCOC(=O)Cn1c2ccc(-c3ccco3)cc2c2c(N)ncnc21. The van der Waals surface area contributed by atoms with Gasteiger partial charge in [0.05, 0.1) is 23.8 Å². The molecule has 0 aliphatic carbocycles. The lowest BCUT2D eigenvalue weighted by Crippen LogP contribution is -2.13. The molecule has 0 spiro atoms. The molecule has 3 aromatic heterocycles. The number of esters is 1. The van der Waals surface area contributed by atoms with Crippen molar-refractivity contribution in [3.05, 3.63) is 42.9 Å². The highest BCUT2D eigenvalue weighted by Gasteiger charge is 2.18. The van der Waals surface area contributed by atoms with Crippen molar-refractivity contribution >= 4 is 33.7 Å². The van der Waals surface area contributed by atoms with Crippen molar-refractivity contribution in [3.8, 4) is 11.3 Å². The normalized spacial score (nSPS) is 11.2. The van der Waals surface area contributed by atoms with Gasteiger partial charge >= 0.3 is 5.97 Å². The Hall–Kier alpha value is -3.35. The lowest BCUT2D eigenvalue weighted by atomic mass is 10.1. The number of rotatable bonds is 4. The van der Waals surface area contributed by atoms with Crippen LogP contribution in [0, 0.1) is 0 Å². The molecule has 0 radical (unpaired) electrons. The molecule has 0 aliphatic rings. The molecule has 2 N–H and O–H groups in total. The minimum atomic E-state index is -0.325. The number of carbonyl (C=O) groups excluding carboxylic acids is 1. The number of aromatic nitrogens is 3. The quantitative estimate of drug-likeness (QED) is 0.576. The Kier molecular flexibility index (Phi) is 3.61. The van der Waals surface area contributed by atoms with Crippen LogP contribution in [0.4, 0.5) is 5.82 Å². The van der Waals surface area contributed by atoms with E-state index in [0.717, 1.165) is 27.6 Å². The Morgan fingerprint density at radius 1 is 1.32 bits per heavy atom. The highest BCUT2D eigenvalue weighted by atomic mass is 16.5. The molecule has 0 saturated heterocycles. The van der Waals surface area contributed by atoms with E-state index in [9.17, 15) is 4.79 Å². The van der Waals surface area contributed by atoms with E-state index in [0.29, 0.717) is 18.1 Å². The fraction of sp³-hybridized carbons (Fsp3) is 0.167. The number of nitrogens with two attached hydrogens (primary N) is 1. The summed E-state index contributed by atoms with van der Waals surface area (Å²) in [4.78, 5) is 20.4. The molecule has 25 heavy (non-hydrogen) atoms. The standard InChI is InChI=1S/C18H16N4O3/c1-2-24-15(23)9-22-13-6-5-11(14-4-3-7-25-14)8-12(13)16-17(19)20-10-21-18(16)22/h3-8,10H,2,9H2,1H3,(H2,19,20,21). The van der Waals surface area contributed by atoms with Gasteiger partial charge in [0.2, 0.25) is 0 Å². The minimum absolute atomic E-state index is 0.0599. The fourth-order valence-electron chi connectivity index (χ4n) is 3.03. The third-order valence-electron chi connectivity index (χ3n) is 4.07. The first-order valence-electron chi connectivity index (χ1n) is 7.91. The average Bonchev–Trinajstić information content (AvgIpc) is 3.23. The Morgan fingerprint density at radius 2 is 2.20 bits per heavy atom. The van der Waals surface area contributed by atoms with Crippen LogP contribution in [0.2, 0.25) is 0 Å². The van der Waals surface area contributed by atoms with Crippen LogP contribution in [-0.2, 0) is 16.1 Å². The molecule has 0 bridgehead atoms. The zero-order valence-corrected chi connectivity index (χ0v) is 13.6. The molecule has 0 fully saturated rings. The number of anilines is 1. The zero-order valence-electron chi connectivity index (χ0n) is 13.6. The first-order chi connectivity index (χ1) is 12.2. The minimum Gasteiger partial charge on any atom is -0.465 e. The summed E-state index contributed by atoms with van der Waals surface area (Å²) >= 11 is 0. The Balaban J connectivity index is 1.97. The van der Waals surface area contributed by atoms with Gasteiger partial charge in [-0.2, -0.15) is 0 Å². The topological polar surface area (TPSA) is 96.2 Å². The third kappa shape index (κ3) is 2.50. The second kappa shape index (κ2) is 5.94. The van der Waals surface area contributed by atoms with Crippen molar-refractivity contribution < 1.29 is 13.9 Å². The molecule has 0 amide bonds. The van der Waals surface area contributed by atoms with Crippen molar-refractivity contribution in [2.45, 2.75) is 13.5 Å². The van der Waals surface area contributed by atoms with Gasteiger partial charge in [-0.15, -0.1) is 0 Å². The van der Waals surface area contributed by atoms with Gasteiger partial charge in [-0.3, -0.25) is 4.79 Å². The van der Waals surface area contributed by atoms with Crippen LogP contribution >= 0.6 is 0 Å². The largest absolute Gasteiger partial charge is 0.465 e. The molecule has 4 aromatic rings. The van der Waals surface area contributed by atoms with Crippen LogP contribution < -0.4 is 5.73 Å². The summed E-state index contributed by atoms with van der Waals surface area (Å²) in [6.45, 7) is 2.17. The molecule has 4 rings (SSSR count). The lowest BCUT2D eigenvalue weighted by molar-refractivity contribution is -0.143. The fourth-order valence-corrected chi connectivity index (χ4v) is 3.03. The molecular weight excluding hydrogens is 320 g/mol. The summed E-state index contributed by atoms with van der Waals surface area (Å²) in [6.07, 6.45) is 3.02. The van der Waals surface area contributed by atoms with Gasteiger partial charge < -0.3 is 19.5 Å². The van der Waals surface area contributed by atoms with Gasteiger partial charge in [-0.05, 0) is 37.3 Å². The molecule has 0 saturated carbocycles. The molecular formula is C18H16N4O3. The van der Waals surface area contributed by atoms with Crippen molar-refractivity contribution in [1.29, 1.82) is 0 Å². The van der Waals surface area contributed by atoms with Gasteiger partial charge in [0.15, 0.2) is 0 Å². The molecule has 0 unspecified atom stereocenters. The smallest absolute Gasteiger partial charge is 0.326 e. The molecule has 0 atom stereocenters. The predicted molar refractivity (Wildman–Crippen MR) is 93.8 cm³/mol. The molecule has 0 aliphatic heterocycles. The van der Waals surface area contributed by atoms with Crippen LogP contribution in [0.1, 0.15) is 6.92 Å². The van der Waals surface area contributed by atoms with E-state index >= 15 is 0 Å². The number of fused-ring (bicyclic) bond motifs is 3. The van der Waals surface area contributed by atoms with Gasteiger partial charge in [-0.25, -0.2) is 9.97 Å². The van der Waals surface area contributed by atoms with Crippen LogP contribution in [0.5, 0.6) is 0 Å². The highest BCUT2D eigenvalue weighted by molar-refractivity contribution is 6.12. The Morgan fingerprint density at radius 3 is 2.96 bits per heavy atom. The van der Waals surface area contributed by atoms with Crippen molar-refractivity contribution in [1.82, 2.24) is 14.5 Å². The molecule has 3 heterocycles. The van der Waals surface area contributed by atoms with Crippen molar-refractivity contribution in [2.24, 2.45) is 0 Å². The van der Waals surface area contributed by atoms with Gasteiger partial charge in [0, 0.05) is 10.9 Å². The van der Waals surface area contributed by atoms with Gasteiger partial charge in [0.25, 0.3) is 0 Å². The van der Waals surface area contributed by atoms with Gasteiger partial charge in [0.1, 0.15) is 30.1 Å². The third-order valence-corrected chi connectivity index (χ3v) is 4.07. The van der Waals surface area contributed by atoms with E-state index in [2.05, 4.69) is 9.97 Å². The van der Waals surface area contributed by atoms with Crippen molar-refractivity contribution in [3.63, 3.8) is 0 Å². The summed E-state index contributed by atoms with van der Waals surface area (Å²) in [6, 6.07) is 9.55. The first kappa shape index (κ1) is 15.2. The molecule has 7 nitrogen and oxygen atoms in total. The lowest BCUT2D eigenvalue weighted by Gasteiger charge is -2.06. The monoisotopic (exact) mass is 336 g/mol. The zero-order chi connectivity index (χ0) is 17.4. The number of benzene rings is 1. The summed E-state index contributed by atoms with van der Waals surface area (Å²) in [7, 11) is 0. The number of hydrogen-bond acceptors (Lipinski definition) is 6. The van der Waals surface area contributed by atoms with E-state index in [4.69, 9.17) is 14.9 Å². The number of carbonyl (C=O) groups is 1.